The van der Waals surface area contributed by atoms with Crippen molar-refractivity contribution in [3.05, 3.63) is 22.9 Å². The summed E-state index contributed by atoms with van der Waals surface area (Å²) in [5.74, 6) is 0.128. The average Bonchev–Trinajstić information content (AvgIpc) is 2.15. The van der Waals surface area contributed by atoms with Gasteiger partial charge in [-0.25, -0.2) is 0 Å². The minimum atomic E-state index is -0.329. The lowest BCUT2D eigenvalue weighted by atomic mass is 10.2. The summed E-state index contributed by atoms with van der Waals surface area (Å²) in [6.07, 6.45) is 3.41. The van der Waals surface area contributed by atoms with Crippen LogP contribution in [-0.4, -0.2) is 24.0 Å². The smallest absolute Gasteiger partial charge is 0.236 e. The summed E-state index contributed by atoms with van der Waals surface area (Å²) in [6, 6.07) is 1.87. The number of halogens is 1. The van der Waals surface area contributed by atoms with Gasteiger partial charge >= 0.3 is 0 Å². The van der Waals surface area contributed by atoms with Crippen molar-refractivity contribution in [2.24, 2.45) is 11.7 Å². The molecule has 0 bridgehead atoms. The first-order chi connectivity index (χ1) is 7.50. The number of hydrogen-bond donors (Lipinski definition) is 1. The summed E-state index contributed by atoms with van der Waals surface area (Å²) in [5, 5.41) is 0. The summed E-state index contributed by atoms with van der Waals surface area (Å²) in [5.41, 5.74) is 6.19. The minimum absolute atomic E-state index is 0.223. The molecule has 1 aromatic rings. The second-order valence-electron chi connectivity index (χ2n) is 4.07. The molecule has 5 heteroatoms. The summed E-state index contributed by atoms with van der Waals surface area (Å²) >= 11 is 3.42. The largest absolute Gasteiger partial charge is 0.368 e. The summed E-state index contributed by atoms with van der Waals surface area (Å²) in [4.78, 5) is 17.0. The highest BCUT2D eigenvalue weighted by Crippen LogP contribution is 2.25. The third-order valence-corrected chi connectivity index (χ3v) is 2.63. The van der Waals surface area contributed by atoms with Crippen LogP contribution < -0.4 is 10.6 Å². The van der Waals surface area contributed by atoms with Crippen molar-refractivity contribution < 1.29 is 4.79 Å². The van der Waals surface area contributed by atoms with E-state index >= 15 is 0 Å². The number of carbonyl (C=O) groups excluding carboxylic acids is 1. The second kappa shape index (κ2) is 5.84. The molecule has 4 nitrogen and oxygen atoms in total. The Morgan fingerprint density at radius 2 is 2.31 bits per heavy atom. The molecule has 0 saturated heterocycles. The molecule has 0 fully saturated rings. The zero-order chi connectivity index (χ0) is 12.1. The molecule has 0 aliphatic rings. The maximum absolute atomic E-state index is 11.0. The monoisotopic (exact) mass is 285 g/mol. The second-order valence-corrected chi connectivity index (χ2v) is 4.92. The summed E-state index contributed by atoms with van der Waals surface area (Å²) < 4.78 is 0.872. The lowest BCUT2D eigenvalue weighted by Crippen LogP contribution is -2.36. The Morgan fingerprint density at radius 3 is 2.81 bits per heavy atom. The standard InChI is InChI=1S/C11H16BrN3O/c1-8(2)6-15(7-11(13)16)10-3-4-14-5-9(10)12/h3-5,8H,6-7H2,1-2H3,(H2,13,16). The Hall–Kier alpha value is -1.10. The van der Waals surface area contributed by atoms with Crippen molar-refractivity contribution in [1.29, 1.82) is 0 Å². The van der Waals surface area contributed by atoms with Crippen molar-refractivity contribution in [2.45, 2.75) is 13.8 Å². The van der Waals surface area contributed by atoms with Gasteiger partial charge in [0.1, 0.15) is 0 Å². The van der Waals surface area contributed by atoms with E-state index in [2.05, 4.69) is 34.8 Å². The van der Waals surface area contributed by atoms with Crippen LogP contribution in [0, 0.1) is 5.92 Å². The number of anilines is 1. The fraction of sp³-hybridized carbons (Fsp3) is 0.455. The van der Waals surface area contributed by atoms with Gasteiger partial charge in [-0.15, -0.1) is 0 Å². The molecule has 1 aromatic heterocycles. The molecular formula is C11H16BrN3O. The third-order valence-electron chi connectivity index (χ3n) is 2.02. The molecule has 0 radical (unpaired) electrons. The van der Waals surface area contributed by atoms with Crippen LogP contribution in [0.25, 0.3) is 0 Å². The molecule has 2 N–H and O–H groups in total. The predicted octanol–water partition coefficient (Wildman–Crippen LogP) is 1.79. The minimum Gasteiger partial charge on any atom is -0.368 e. The molecule has 0 saturated carbocycles. The fourth-order valence-electron chi connectivity index (χ4n) is 1.50. The van der Waals surface area contributed by atoms with Gasteiger partial charge in [0.2, 0.25) is 5.91 Å². The Labute approximate surface area is 104 Å². The van der Waals surface area contributed by atoms with Crippen LogP contribution in [0.4, 0.5) is 5.69 Å². The quantitative estimate of drug-likeness (QED) is 0.897. The molecule has 0 spiro atoms. The first kappa shape index (κ1) is 13.0. The lowest BCUT2D eigenvalue weighted by Gasteiger charge is -2.26. The third kappa shape index (κ3) is 3.81. The highest BCUT2D eigenvalue weighted by molar-refractivity contribution is 9.10. The topological polar surface area (TPSA) is 59.2 Å². The van der Waals surface area contributed by atoms with Crippen LogP contribution in [0.5, 0.6) is 0 Å². The molecule has 1 heterocycles. The number of pyridine rings is 1. The van der Waals surface area contributed by atoms with Gasteiger partial charge in [0.25, 0.3) is 0 Å². The van der Waals surface area contributed by atoms with Crippen LogP contribution in [0.15, 0.2) is 22.9 Å². The number of amides is 1. The van der Waals surface area contributed by atoms with Gasteiger partial charge in [0.15, 0.2) is 0 Å². The van der Waals surface area contributed by atoms with Crippen molar-refractivity contribution in [2.75, 3.05) is 18.0 Å². The SMILES string of the molecule is CC(C)CN(CC(N)=O)c1ccncc1Br. The van der Waals surface area contributed by atoms with Gasteiger partial charge in [0.05, 0.1) is 16.7 Å². The molecule has 0 aliphatic heterocycles. The van der Waals surface area contributed by atoms with Gasteiger partial charge in [-0.2, -0.15) is 0 Å². The molecule has 16 heavy (non-hydrogen) atoms. The Balaban J connectivity index is 2.91. The molecule has 0 aromatic carbocycles. The Bertz CT molecular complexity index is 368. The number of nitrogens with two attached hydrogens (primary N) is 1. The zero-order valence-electron chi connectivity index (χ0n) is 9.48. The highest BCUT2D eigenvalue weighted by Gasteiger charge is 2.13. The Kier molecular flexibility index (Phi) is 4.73. The average molecular weight is 286 g/mol. The molecule has 0 atom stereocenters. The normalized spacial score (nSPS) is 10.5. The van der Waals surface area contributed by atoms with Crippen LogP contribution in [0.2, 0.25) is 0 Å². The number of rotatable bonds is 5. The van der Waals surface area contributed by atoms with E-state index in [0.29, 0.717) is 5.92 Å². The molecule has 1 amide bonds. The number of primary amides is 1. The molecule has 1 rings (SSSR count). The van der Waals surface area contributed by atoms with Crippen LogP contribution in [0.3, 0.4) is 0 Å². The van der Waals surface area contributed by atoms with Gasteiger partial charge in [-0.3, -0.25) is 9.78 Å². The number of nitrogens with zero attached hydrogens (tertiary/aromatic N) is 2. The number of aromatic nitrogens is 1. The van der Waals surface area contributed by atoms with Gasteiger partial charge in [0, 0.05) is 18.9 Å². The molecular weight excluding hydrogens is 270 g/mol. The van der Waals surface area contributed by atoms with E-state index in [1.165, 1.54) is 0 Å². The lowest BCUT2D eigenvalue weighted by molar-refractivity contribution is -0.116. The van der Waals surface area contributed by atoms with E-state index in [0.717, 1.165) is 16.7 Å². The van der Waals surface area contributed by atoms with E-state index in [1.807, 2.05) is 11.0 Å². The van der Waals surface area contributed by atoms with Crippen molar-refractivity contribution in [3.63, 3.8) is 0 Å². The predicted molar refractivity (Wildman–Crippen MR) is 68.2 cm³/mol. The first-order valence-corrected chi connectivity index (χ1v) is 5.92. The fourth-order valence-corrected chi connectivity index (χ4v) is 2.00. The van der Waals surface area contributed by atoms with Crippen molar-refractivity contribution in [1.82, 2.24) is 4.98 Å². The maximum atomic E-state index is 11.0. The van der Waals surface area contributed by atoms with E-state index in [-0.39, 0.29) is 12.5 Å². The molecule has 88 valence electrons. The first-order valence-electron chi connectivity index (χ1n) is 5.13. The maximum Gasteiger partial charge on any atom is 0.236 e. The van der Waals surface area contributed by atoms with E-state index < -0.39 is 0 Å². The van der Waals surface area contributed by atoms with Crippen molar-refractivity contribution >= 4 is 27.5 Å². The van der Waals surface area contributed by atoms with Crippen molar-refractivity contribution in [3.8, 4) is 0 Å². The van der Waals surface area contributed by atoms with Crippen LogP contribution >= 0.6 is 15.9 Å². The van der Waals surface area contributed by atoms with Crippen LogP contribution in [0.1, 0.15) is 13.8 Å². The zero-order valence-corrected chi connectivity index (χ0v) is 11.1. The summed E-state index contributed by atoms with van der Waals surface area (Å²) in [7, 11) is 0. The van der Waals surface area contributed by atoms with Gasteiger partial charge in [-0.05, 0) is 27.9 Å². The van der Waals surface area contributed by atoms with Gasteiger partial charge in [-0.1, -0.05) is 13.8 Å². The number of hydrogen-bond acceptors (Lipinski definition) is 3. The van der Waals surface area contributed by atoms with E-state index in [9.17, 15) is 4.79 Å². The van der Waals surface area contributed by atoms with Gasteiger partial charge < -0.3 is 10.6 Å². The molecule has 0 unspecified atom stereocenters. The van der Waals surface area contributed by atoms with Crippen LogP contribution in [-0.2, 0) is 4.79 Å². The Morgan fingerprint density at radius 1 is 1.62 bits per heavy atom. The van der Waals surface area contributed by atoms with E-state index in [1.54, 1.807) is 12.4 Å². The van der Waals surface area contributed by atoms with E-state index in [4.69, 9.17) is 5.73 Å². The molecule has 0 aliphatic carbocycles. The summed E-state index contributed by atoms with van der Waals surface area (Å²) in [6.45, 7) is 5.21. The highest BCUT2D eigenvalue weighted by atomic mass is 79.9. The number of carbonyl (C=O) groups is 1.